The Morgan fingerprint density at radius 2 is 2.29 bits per heavy atom. The van der Waals surface area contributed by atoms with Gasteiger partial charge in [-0.05, 0) is 34.8 Å². The summed E-state index contributed by atoms with van der Waals surface area (Å²) in [4.78, 5) is 12.1. The van der Waals surface area contributed by atoms with Crippen LogP contribution in [0.3, 0.4) is 0 Å². The molecule has 2 aromatic heterocycles. The molecule has 0 saturated heterocycles. The summed E-state index contributed by atoms with van der Waals surface area (Å²) in [6, 6.07) is 1.74. The Morgan fingerprint density at radius 1 is 1.47 bits per heavy atom. The molecular formula is C12H10BrNO2S. The maximum atomic E-state index is 12.1. The van der Waals surface area contributed by atoms with Crippen LogP contribution in [0.25, 0.3) is 0 Å². The Morgan fingerprint density at radius 3 is 2.94 bits per heavy atom. The highest BCUT2D eigenvalue weighted by atomic mass is 79.9. The smallest absolute Gasteiger partial charge is 0.259 e. The molecule has 1 saturated carbocycles. The second kappa shape index (κ2) is 4.31. The van der Waals surface area contributed by atoms with Gasteiger partial charge in [0, 0.05) is 16.7 Å². The van der Waals surface area contributed by atoms with Gasteiger partial charge < -0.3 is 9.73 Å². The number of carbonyl (C=O) groups is 1. The Labute approximate surface area is 111 Å². The summed E-state index contributed by atoms with van der Waals surface area (Å²) < 4.78 is 6.30. The zero-order chi connectivity index (χ0) is 11.8. The van der Waals surface area contributed by atoms with Crippen LogP contribution in [0.5, 0.6) is 0 Å². The topological polar surface area (TPSA) is 42.2 Å². The van der Waals surface area contributed by atoms with E-state index in [0.29, 0.717) is 11.5 Å². The van der Waals surface area contributed by atoms with Crippen LogP contribution in [-0.4, -0.2) is 5.91 Å². The molecule has 88 valence electrons. The van der Waals surface area contributed by atoms with Crippen molar-refractivity contribution in [2.45, 2.75) is 18.8 Å². The van der Waals surface area contributed by atoms with Gasteiger partial charge in [-0.25, -0.2) is 0 Å². The van der Waals surface area contributed by atoms with Crippen molar-refractivity contribution in [3.05, 3.63) is 38.9 Å². The number of anilines is 1. The summed E-state index contributed by atoms with van der Waals surface area (Å²) in [6.07, 6.45) is 3.83. The second-order valence-electron chi connectivity index (χ2n) is 4.06. The third-order valence-corrected chi connectivity index (χ3v) is 4.45. The van der Waals surface area contributed by atoms with Gasteiger partial charge in [0.05, 0.1) is 22.0 Å². The fraction of sp³-hybridized carbons (Fsp3) is 0.250. The molecule has 0 aromatic carbocycles. The minimum absolute atomic E-state index is 0.0975. The maximum Gasteiger partial charge on any atom is 0.259 e. The van der Waals surface area contributed by atoms with Gasteiger partial charge in [0.2, 0.25) is 0 Å². The van der Waals surface area contributed by atoms with E-state index < -0.39 is 0 Å². The normalized spacial score (nSPS) is 14.9. The van der Waals surface area contributed by atoms with E-state index in [1.165, 1.54) is 0 Å². The monoisotopic (exact) mass is 311 g/mol. The number of hydrogen-bond donors (Lipinski definition) is 1. The lowest BCUT2D eigenvalue weighted by Crippen LogP contribution is -2.12. The molecule has 0 aliphatic heterocycles. The van der Waals surface area contributed by atoms with Crippen molar-refractivity contribution in [2.24, 2.45) is 0 Å². The van der Waals surface area contributed by atoms with E-state index in [4.69, 9.17) is 4.42 Å². The number of nitrogens with one attached hydrogen (secondary N) is 1. The molecule has 1 aliphatic rings. The molecule has 0 unspecified atom stereocenters. The van der Waals surface area contributed by atoms with Gasteiger partial charge in [0.15, 0.2) is 0 Å². The van der Waals surface area contributed by atoms with Crippen LogP contribution < -0.4 is 5.32 Å². The number of rotatable bonds is 3. The minimum atomic E-state index is -0.0975. The first-order chi connectivity index (χ1) is 8.25. The van der Waals surface area contributed by atoms with Crippen molar-refractivity contribution in [3.8, 4) is 0 Å². The number of carbonyl (C=O) groups excluding carboxylic acids is 1. The number of hydrogen-bond acceptors (Lipinski definition) is 3. The molecule has 5 heteroatoms. The summed E-state index contributed by atoms with van der Waals surface area (Å²) >= 11 is 4.93. The molecule has 3 nitrogen and oxygen atoms in total. The van der Waals surface area contributed by atoms with E-state index in [-0.39, 0.29) is 5.91 Å². The molecule has 2 aromatic rings. The third-order valence-electron chi connectivity index (χ3n) is 2.75. The standard InChI is InChI=1S/C12H10BrNO2S/c13-9-5-17-6-10(9)14-12(15)8-3-4-16-11(8)7-1-2-7/h3-7H,1-2H2,(H,14,15). The Bertz CT molecular complexity index is 556. The summed E-state index contributed by atoms with van der Waals surface area (Å²) in [5, 5.41) is 6.72. The third kappa shape index (κ3) is 2.17. The Balaban J connectivity index is 1.82. The second-order valence-corrected chi connectivity index (χ2v) is 5.66. The van der Waals surface area contributed by atoms with Gasteiger partial charge in [0.1, 0.15) is 5.76 Å². The molecule has 3 rings (SSSR count). The maximum absolute atomic E-state index is 12.1. The number of halogens is 1. The van der Waals surface area contributed by atoms with Gasteiger partial charge >= 0.3 is 0 Å². The summed E-state index contributed by atoms with van der Waals surface area (Å²) in [5.41, 5.74) is 1.47. The summed E-state index contributed by atoms with van der Waals surface area (Å²) in [6.45, 7) is 0. The van der Waals surface area contributed by atoms with Crippen LogP contribution in [-0.2, 0) is 0 Å². The number of thiophene rings is 1. The van der Waals surface area contributed by atoms with Gasteiger partial charge in [0.25, 0.3) is 5.91 Å². The van der Waals surface area contributed by atoms with Gasteiger partial charge in [-0.1, -0.05) is 0 Å². The molecule has 17 heavy (non-hydrogen) atoms. The van der Waals surface area contributed by atoms with E-state index >= 15 is 0 Å². The molecular weight excluding hydrogens is 302 g/mol. The van der Waals surface area contributed by atoms with Crippen molar-refractivity contribution >= 4 is 38.9 Å². The predicted molar refractivity (Wildman–Crippen MR) is 70.7 cm³/mol. The molecule has 0 radical (unpaired) electrons. The highest BCUT2D eigenvalue weighted by Gasteiger charge is 2.31. The average Bonchev–Trinajstić information content (AvgIpc) is 2.90. The van der Waals surface area contributed by atoms with Crippen LogP contribution in [0.15, 0.2) is 32.0 Å². The Kier molecular flexibility index (Phi) is 2.80. The molecule has 0 spiro atoms. The van der Waals surface area contributed by atoms with Crippen LogP contribution >= 0.6 is 27.3 Å². The first kappa shape index (κ1) is 11.0. The molecule has 1 amide bonds. The van der Waals surface area contributed by atoms with E-state index in [1.807, 2.05) is 10.8 Å². The fourth-order valence-corrected chi connectivity index (χ4v) is 3.06. The SMILES string of the molecule is O=C(Nc1cscc1Br)c1ccoc1C1CC1. The van der Waals surface area contributed by atoms with E-state index in [1.54, 1.807) is 23.7 Å². The highest BCUT2D eigenvalue weighted by molar-refractivity contribution is 9.10. The van der Waals surface area contributed by atoms with Crippen molar-refractivity contribution in [1.29, 1.82) is 0 Å². The van der Waals surface area contributed by atoms with Gasteiger partial charge in [-0.15, -0.1) is 11.3 Å². The molecule has 0 atom stereocenters. The van der Waals surface area contributed by atoms with Crippen LogP contribution in [0.1, 0.15) is 34.9 Å². The van der Waals surface area contributed by atoms with Crippen molar-refractivity contribution in [3.63, 3.8) is 0 Å². The highest BCUT2D eigenvalue weighted by Crippen LogP contribution is 2.42. The van der Waals surface area contributed by atoms with Crippen LogP contribution in [0, 0.1) is 0 Å². The zero-order valence-corrected chi connectivity index (χ0v) is 11.3. The Hall–Kier alpha value is -1.07. The molecule has 1 fully saturated rings. The molecule has 1 aliphatic carbocycles. The fourth-order valence-electron chi connectivity index (χ4n) is 1.73. The average molecular weight is 312 g/mol. The minimum Gasteiger partial charge on any atom is -0.468 e. The zero-order valence-electron chi connectivity index (χ0n) is 8.90. The van der Waals surface area contributed by atoms with E-state index in [9.17, 15) is 4.79 Å². The lowest BCUT2D eigenvalue weighted by Gasteiger charge is -2.03. The van der Waals surface area contributed by atoms with E-state index in [0.717, 1.165) is 28.8 Å². The largest absolute Gasteiger partial charge is 0.468 e. The number of furan rings is 1. The van der Waals surface area contributed by atoms with Crippen molar-refractivity contribution < 1.29 is 9.21 Å². The molecule has 2 heterocycles. The first-order valence-electron chi connectivity index (χ1n) is 5.36. The quantitative estimate of drug-likeness (QED) is 0.921. The first-order valence-corrected chi connectivity index (χ1v) is 7.09. The van der Waals surface area contributed by atoms with Crippen molar-refractivity contribution in [2.75, 3.05) is 5.32 Å². The van der Waals surface area contributed by atoms with Crippen LogP contribution in [0.4, 0.5) is 5.69 Å². The summed E-state index contributed by atoms with van der Waals surface area (Å²) in [5.74, 6) is 1.17. The van der Waals surface area contributed by atoms with Gasteiger partial charge in [-0.2, -0.15) is 0 Å². The number of amides is 1. The van der Waals surface area contributed by atoms with Crippen LogP contribution in [0.2, 0.25) is 0 Å². The van der Waals surface area contributed by atoms with E-state index in [2.05, 4.69) is 21.2 Å². The molecule has 1 N–H and O–H groups in total. The van der Waals surface area contributed by atoms with Gasteiger partial charge in [-0.3, -0.25) is 4.79 Å². The molecule has 0 bridgehead atoms. The lowest BCUT2D eigenvalue weighted by molar-refractivity contribution is 0.102. The predicted octanol–water partition coefficient (Wildman–Crippen LogP) is 4.23. The van der Waals surface area contributed by atoms with Crippen molar-refractivity contribution in [1.82, 2.24) is 0 Å². The lowest BCUT2D eigenvalue weighted by atomic mass is 10.2. The summed E-state index contributed by atoms with van der Waals surface area (Å²) in [7, 11) is 0.